The van der Waals surface area contributed by atoms with Crippen molar-refractivity contribution in [3.8, 4) is 6.07 Å². The van der Waals surface area contributed by atoms with Crippen molar-refractivity contribution in [3.63, 3.8) is 0 Å². The summed E-state index contributed by atoms with van der Waals surface area (Å²) in [5.41, 5.74) is 0. The molecule has 0 saturated carbocycles. The molecule has 0 fully saturated rings. The van der Waals surface area contributed by atoms with Crippen LogP contribution in [0, 0.1) is 11.3 Å². The summed E-state index contributed by atoms with van der Waals surface area (Å²) >= 11 is 0. The molecule has 0 rings (SSSR count). The van der Waals surface area contributed by atoms with Gasteiger partial charge in [0.1, 0.15) is 0 Å². The largest absolute Gasteiger partial charge is 0.382 e. The average molecular weight is 177 g/mol. The van der Waals surface area contributed by atoms with Gasteiger partial charge in [0, 0.05) is 13.4 Å². The van der Waals surface area contributed by atoms with Gasteiger partial charge in [-0.2, -0.15) is 5.26 Å². The van der Waals surface area contributed by atoms with Crippen molar-refractivity contribution in [1.82, 2.24) is 0 Å². The minimum absolute atomic E-state index is 0.0949. The van der Waals surface area contributed by atoms with Crippen LogP contribution in [0.2, 0.25) is 0 Å². The quantitative estimate of drug-likeness (QED) is 0.606. The summed E-state index contributed by atoms with van der Waals surface area (Å²) in [6, 6.07) is 1.71. The Hall–Kier alpha value is -0.600. The van der Waals surface area contributed by atoms with E-state index in [4.69, 9.17) is 5.26 Å². The van der Waals surface area contributed by atoms with Gasteiger partial charge in [0.2, 0.25) is 0 Å². The van der Waals surface area contributed by atoms with Gasteiger partial charge in [0.25, 0.3) is 0 Å². The Morgan fingerprint density at radius 1 is 1.64 bits per heavy atom. The first-order valence-electron chi connectivity index (χ1n) is 2.97. The van der Waals surface area contributed by atoms with E-state index in [0.717, 1.165) is 6.26 Å². The van der Waals surface area contributed by atoms with Gasteiger partial charge in [-0.15, -0.1) is 0 Å². The Balaban J connectivity index is 4.81. The first-order chi connectivity index (χ1) is 4.87. The topological polar surface area (TPSA) is 67.2 Å². The van der Waals surface area contributed by atoms with E-state index in [1.54, 1.807) is 6.07 Å². The number of sulfone groups is 1. The second-order valence-corrected chi connectivity index (χ2v) is 4.99. The van der Waals surface area contributed by atoms with Gasteiger partial charge in [-0.25, -0.2) is 8.42 Å². The molecule has 64 valence electrons. The first kappa shape index (κ1) is 10.4. The van der Waals surface area contributed by atoms with Crippen molar-refractivity contribution in [3.05, 3.63) is 0 Å². The van der Waals surface area contributed by atoms with Crippen LogP contribution in [0.15, 0.2) is 0 Å². The van der Waals surface area contributed by atoms with Gasteiger partial charge >= 0.3 is 0 Å². The first-order valence-corrected chi connectivity index (χ1v) is 4.86. The minimum Gasteiger partial charge on any atom is -0.382 e. The lowest BCUT2D eigenvalue weighted by molar-refractivity contribution is 0.185. The number of ether oxygens (including phenoxy) is 1. The van der Waals surface area contributed by atoms with Crippen LogP contribution in [0.1, 0.15) is 6.92 Å². The highest BCUT2D eigenvalue weighted by molar-refractivity contribution is 7.92. The van der Waals surface area contributed by atoms with Gasteiger partial charge in [-0.1, -0.05) is 0 Å². The molecule has 4 nitrogen and oxygen atoms in total. The third-order valence-electron chi connectivity index (χ3n) is 1.47. The maximum Gasteiger partial charge on any atom is 0.178 e. The molecule has 11 heavy (non-hydrogen) atoms. The van der Waals surface area contributed by atoms with Crippen LogP contribution in [0.5, 0.6) is 0 Å². The highest BCUT2D eigenvalue weighted by atomic mass is 32.2. The highest BCUT2D eigenvalue weighted by Gasteiger charge is 2.35. The lowest BCUT2D eigenvalue weighted by Gasteiger charge is -2.17. The number of nitriles is 1. The molecular formula is C6H11NO3S. The van der Waals surface area contributed by atoms with Crippen LogP contribution < -0.4 is 0 Å². The molecule has 0 aliphatic heterocycles. The van der Waals surface area contributed by atoms with E-state index in [9.17, 15) is 8.42 Å². The van der Waals surface area contributed by atoms with Gasteiger partial charge < -0.3 is 4.74 Å². The molecule has 0 saturated heterocycles. The lowest BCUT2D eigenvalue weighted by Crippen LogP contribution is -2.37. The lowest BCUT2D eigenvalue weighted by atomic mass is 10.2. The zero-order valence-electron chi connectivity index (χ0n) is 6.79. The van der Waals surface area contributed by atoms with Crippen molar-refractivity contribution < 1.29 is 13.2 Å². The van der Waals surface area contributed by atoms with E-state index < -0.39 is 14.6 Å². The van der Waals surface area contributed by atoms with Gasteiger partial charge in [-0.05, 0) is 6.92 Å². The molecule has 0 aliphatic rings. The molecule has 0 N–H and O–H groups in total. The summed E-state index contributed by atoms with van der Waals surface area (Å²) in [5, 5.41) is 8.54. The molecule has 0 amide bonds. The van der Waals surface area contributed by atoms with Gasteiger partial charge in [0.15, 0.2) is 14.6 Å². The predicted molar refractivity (Wildman–Crippen MR) is 40.7 cm³/mol. The number of nitrogens with zero attached hydrogens (tertiary/aromatic N) is 1. The Morgan fingerprint density at radius 3 is 2.18 bits per heavy atom. The van der Waals surface area contributed by atoms with Gasteiger partial charge in [0.05, 0.1) is 12.7 Å². The number of rotatable bonds is 3. The monoisotopic (exact) mass is 177 g/mol. The van der Waals surface area contributed by atoms with Crippen LogP contribution in [0.3, 0.4) is 0 Å². The fourth-order valence-corrected chi connectivity index (χ4v) is 0.995. The second kappa shape index (κ2) is 3.20. The normalized spacial score (nSPS) is 16.9. The van der Waals surface area contributed by atoms with Crippen molar-refractivity contribution in [1.29, 1.82) is 5.26 Å². The smallest absolute Gasteiger partial charge is 0.178 e. The van der Waals surface area contributed by atoms with Crippen LogP contribution in [-0.2, 0) is 14.6 Å². The molecule has 5 heteroatoms. The summed E-state index contributed by atoms with van der Waals surface area (Å²) in [5.74, 6) is 0. The van der Waals surface area contributed by atoms with E-state index in [2.05, 4.69) is 4.74 Å². The molecule has 0 aromatic carbocycles. The predicted octanol–water partition coefficient (Wildman–Crippen LogP) is -0.0403. The molecule has 0 aliphatic carbocycles. The molecule has 0 spiro atoms. The Kier molecular flexibility index (Phi) is 3.02. The molecule has 0 aromatic heterocycles. The third-order valence-corrected chi connectivity index (χ3v) is 3.32. The molecule has 1 atom stereocenters. The Bertz CT molecular complexity index is 264. The number of hydrogen-bond acceptors (Lipinski definition) is 4. The fraction of sp³-hybridized carbons (Fsp3) is 0.833. The SMILES string of the molecule is COCC(C)(C#N)S(C)(=O)=O. The van der Waals surface area contributed by atoms with Crippen molar-refractivity contribution in [2.24, 2.45) is 0 Å². The summed E-state index contributed by atoms with van der Waals surface area (Å²) in [4.78, 5) is 0. The minimum atomic E-state index is -3.36. The van der Waals surface area contributed by atoms with Crippen LogP contribution in [0.4, 0.5) is 0 Å². The third kappa shape index (κ3) is 2.17. The maximum atomic E-state index is 11.0. The second-order valence-electron chi connectivity index (χ2n) is 2.55. The van der Waals surface area contributed by atoms with E-state index in [-0.39, 0.29) is 6.61 Å². The standard InChI is InChI=1S/C6H11NO3S/c1-6(4-7,5-10-2)11(3,8)9/h5H2,1-3H3. The van der Waals surface area contributed by atoms with E-state index in [0.29, 0.717) is 0 Å². The van der Waals surface area contributed by atoms with E-state index >= 15 is 0 Å². The molecular weight excluding hydrogens is 166 g/mol. The highest BCUT2D eigenvalue weighted by Crippen LogP contribution is 2.14. The van der Waals surface area contributed by atoms with E-state index in [1.165, 1.54) is 14.0 Å². The van der Waals surface area contributed by atoms with Gasteiger partial charge in [-0.3, -0.25) is 0 Å². The number of hydrogen-bond donors (Lipinski definition) is 0. The summed E-state index contributed by atoms with van der Waals surface area (Å²) in [6.07, 6.45) is 1.02. The van der Waals surface area contributed by atoms with Crippen LogP contribution in [-0.4, -0.2) is 33.1 Å². The molecule has 0 aromatic rings. The summed E-state index contributed by atoms with van der Waals surface area (Å²) < 4.78 is 25.2. The molecule has 1 unspecified atom stereocenters. The van der Waals surface area contributed by atoms with Crippen molar-refractivity contribution in [2.75, 3.05) is 20.0 Å². The van der Waals surface area contributed by atoms with E-state index in [1.807, 2.05) is 0 Å². The van der Waals surface area contributed by atoms with Crippen LogP contribution >= 0.6 is 0 Å². The molecule has 0 bridgehead atoms. The number of methoxy groups -OCH3 is 1. The maximum absolute atomic E-state index is 11.0. The summed E-state index contributed by atoms with van der Waals surface area (Å²) in [7, 11) is -2.00. The average Bonchev–Trinajstić information content (AvgIpc) is 1.86. The Morgan fingerprint density at radius 2 is 2.09 bits per heavy atom. The molecule has 0 heterocycles. The summed E-state index contributed by atoms with van der Waals surface area (Å²) in [6.45, 7) is 1.24. The van der Waals surface area contributed by atoms with Crippen molar-refractivity contribution >= 4 is 9.84 Å². The zero-order chi connectivity index (χ0) is 9.12. The van der Waals surface area contributed by atoms with Crippen molar-refractivity contribution in [2.45, 2.75) is 11.7 Å². The van der Waals surface area contributed by atoms with Crippen LogP contribution in [0.25, 0.3) is 0 Å². The Labute approximate surface area is 66.7 Å². The fourth-order valence-electron chi connectivity index (χ4n) is 0.498. The molecule has 0 radical (unpaired) electrons. The zero-order valence-corrected chi connectivity index (χ0v) is 7.60.